The summed E-state index contributed by atoms with van der Waals surface area (Å²) in [5.41, 5.74) is -2.00. The zero-order valence-electron chi connectivity index (χ0n) is 5.88. The highest BCUT2D eigenvalue weighted by Gasteiger charge is 2.34. The number of rotatable bonds is 0. The Labute approximate surface area is 80.3 Å². The standard InChI is InChI=1S/C6H2Cl2F3NO/c7-3-1-2(6(9,10)11)4(8)12-5(3)13/h1H,(H,12,13). The van der Waals surface area contributed by atoms with E-state index in [1.165, 1.54) is 0 Å². The molecule has 0 aromatic carbocycles. The summed E-state index contributed by atoms with van der Waals surface area (Å²) in [5.74, 6) is 0. The molecule has 0 aliphatic carbocycles. The van der Waals surface area contributed by atoms with E-state index in [1.807, 2.05) is 0 Å². The number of pyridine rings is 1. The fourth-order valence-electron chi connectivity index (χ4n) is 0.689. The van der Waals surface area contributed by atoms with Gasteiger partial charge in [0.05, 0.1) is 5.56 Å². The predicted octanol–water partition coefficient (Wildman–Crippen LogP) is 2.70. The molecule has 0 fully saturated rings. The van der Waals surface area contributed by atoms with Crippen LogP contribution in [0.3, 0.4) is 0 Å². The van der Waals surface area contributed by atoms with E-state index in [-0.39, 0.29) is 0 Å². The molecule has 0 saturated heterocycles. The van der Waals surface area contributed by atoms with Crippen molar-refractivity contribution >= 4 is 23.2 Å². The van der Waals surface area contributed by atoms with Crippen LogP contribution in [0.4, 0.5) is 13.2 Å². The van der Waals surface area contributed by atoms with Crippen molar-refractivity contribution in [1.82, 2.24) is 4.98 Å². The van der Waals surface area contributed by atoms with Crippen LogP contribution >= 0.6 is 23.2 Å². The van der Waals surface area contributed by atoms with Crippen molar-refractivity contribution in [2.24, 2.45) is 0 Å². The van der Waals surface area contributed by atoms with Gasteiger partial charge in [-0.2, -0.15) is 13.2 Å². The van der Waals surface area contributed by atoms with E-state index in [4.69, 9.17) is 23.2 Å². The van der Waals surface area contributed by atoms with Gasteiger partial charge >= 0.3 is 6.18 Å². The van der Waals surface area contributed by atoms with Gasteiger partial charge in [0.2, 0.25) is 0 Å². The number of nitrogens with one attached hydrogen (secondary N) is 1. The van der Waals surface area contributed by atoms with E-state index in [0.717, 1.165) is 0 Å². The normalized spacial score (nSPS) is 11.8. The van der Waals surface area contributed by atoms with Gasteiger partial charge in [-0.25, -0.2) is 0 Å². The first-order valence-corrected chi connectivity index (χ1v) is 3.73. The van der Waals surface area contributed by atoms with Gasteiger partial charge in [0.25, 0.3) is 5.56 Å². The number of aromatic nitrogens is 1. The van der Waals surface area contributed by atoms with Crippen molar-refractivity contribution < 1.29 is 13.2 Å². The van der Waals surface area contributed by atoms with E-state index in [1.54, 1.807) is 4.98 Å². The summed E-state index contributed by atoms with van der Waals surface area (Å²) in [7, 11) is 0. The van der Waals surface area contributed by atoms with Gasteiger partial charge in [0.15, 0.2) is 0 Å². The van der Waals surface area contributed by atoms with Crippen LogP contribution in [0.5, 0.6) is 0 Å². The zero-order valence-corrected chi connectivity index (χ0v) is 7.39. The molecule has 0 atom stereocenters. The third kappa shape index (κ3) is 2.16. The van der Waals surface area contributed by atoms with Crippen LogP contribution in [-0.4, -0.2) is 4.98 Å². The molecule has 0 unspecified atom stereocenters. The number of halogens is 5. The van der Waals surface area contributed by atoms with Gasteiger partial charge in [-0.1, -0.05) is 23.2 Å². The molecule has 1 aromatic rings. The molecule has 72 valence electrons. The number of hydrogen-bond donors (Lipinski definition) is 1. The van der Waals surface area contributed by atoms with Crippen LogP contribution in [0.15, 0.2) is 10.9 Å². The average Bonchev–Trinajstić information content (AvgIpc) is 1.94. The quantitative estimate of drug-likeness (QED) is 0.685. The third-order valence-corrected chi connectivity index (χ3v) is 1.83. The Morgan fingerprint density at radius 3 is 2.31 bits per heavy atom. The molecule has 1 N–H and O–H groups in total. The lowest BCUT2D eigenvalue weighted by Crippen LogP contribution is -2.13. The van der Waals surface area contributed by atoms with Gasteiger partial charge in [0, 0.05) is 0 Å². The summed E-state index contributed by atoms with van der Waals surface area (Å²) < 4.78 is 36.3. The first kappa shape index (κ1) is 10.4. The number of hydrogen-bond acceptors (Lipinski definition) is 1. The lowest BCUT2D eigenvalue weighted by atomic mass is 10.3. The minimum Gasteiger partial charge on any atom is -0.311 e. The third-order valence-electron chi connectivity index (χ3n) is 1.25. The van der Waals surface area contributed by atoms with Gasteiger partial charge in [-0.05, 0) is 6.07 Å². The fraction of sp³-hybridized carbons (Fsp3) is 0.167. The van der Waals surface area contributed by atoms with Crippen LogP contribution in [0.25, 0.3) is 0 Å². The summed E-state index contributed by atoms with van der Waals surface area (Å²) in [4.78, 5) is 12.5. The van der Waals surface area contributed by atoms with Crippen molar-refractivity contribution in [3.8, 4) is 0 Å². The molecule has 7 heteroatoms. The van der Waals surface area contributed by atoms with Crippen LogP contribution in [0.1, 0.15) is 5.56 Å². The molecule has 0 amide bonds. The molecular weight excluding hydrogens is 230 g/mol. The summed E-state index contributed by atoms with van der Waals surface area (Å²) in [6.45, 7) is 0. The maximum atomic E-state index is 12.1. The Balaban J connectivity index is 3.41. The maximum absolute atomic E-state index is 12.1. The Morgan fingerprint density at radius 2 is 1.85 bits per heavy atom. The molecule has 13 heavy (non-hydrogen) atoms. The summed E-state index contributed by atoms with van der Waals surface area (Å²) >= 11 is 10.3. The van der Waals surface area contributed by atoms with Crippen LogP contribution in [-0.2, 0) is 6.18 Å². The van der Waals surface area contributed by atoms with E-state index in [9.17, 15) is 18.0 Å². The van der Waals surface area contributed by atoms with Gasteiger partial charge < -0.3 is 4.98 Å². The molecule has 0 radical (unpaired) electrons. The van der Waals surface area contributed by atoms with Crippen molar-refractivity contribution in [2.45, 2.75) is 6.18 Å². The average molecular weight is 232 g/mol. The second-order valence-corrected chi connectivity index (χ2v) is 2.96. The molecule has 1 aromatic heterocycles. The summed E-state index contributed by atoms with van der Waals surface area (Å²) in [5, 5.41) is -1.31. The maximum Gasteiger partial charge on any atom is 0.419 e. The minimum absolute atomic E-state index is 0.489. The van der Waals surface area contributed by atoms with E-state index < -0.39 is 27.5 Å². The smallest absolute Gasteiger partial charge is 0.311 e. The van der Waals surface area contributed by atoms with Crippen LogP contribution in [0, 0.1) is 0 Å². The second kappa shape index (κ2) is 3.23. The summed E-state index contributed by atoms with van der Waals surface area (Å²) in [6.07, 6.45) is -4.62. The SMILES string of the molecule is O=c1[nH]c(Cl)c(C(F)(F)F)cc1Cl. The summed E-state index contributed by atoms with van der Waals surface area (Å²) in [6, 6.07) is 0.489. The van der Waals surface area contributed by atoms with Gasteiger partial charge in [0.1, 0.15) is 10.2 Å². The monoisotopic (exact) mass is 231 g/mol. The molecule has 0 saturated carbocycles. The first-order valence-electron chi connectivity index (χ1n) is 2.98. The Kier molecular flexibility index (Phi) is 2.58. The highest BCUT2D eigenvalue weighted by atomic mass is 35.5. The number of alkyl halides is 3. The Hall–Kier alpha value is -0.680. The molecule has 1 rings (SSSR count). The lowest BCUT2D eigenvalue weighted by Gasteiger charge is -2.07. The predicted molar refractivity (Wildman–Crippen MR) is 42.1 cm³/mol. The van der Waals surface area contributed by atoms with Gasteiger partial charge in [-0.15, -0.1) is 0 Å². The molecule has 0 bridgehead atoms. The fourth-order valence-corrected chi connectivity index (χ4v) is 1.09. The van der Waals surface area contributed by atoms with Gasteiger partial charge in [-0.3, -0.25) is 4.79 Å². The Bertz CT molecular complexity index is 384. The molecule has 1 heterocycles. The molecule has 0 aliphatic rings. The Morgan fingerprint density at radius 1 is 1.31 bits per heavy atom. The van der Waals surface area contributed by atoms with E-state index in [2.05, 4.69) is 0 Å². The van der Waals surface area contributed by atoms with Crippen LogP contribution in [0.2, 0.25) is 10.2 Å². The molecule has 0 spiro atoms. The number of H-pyrrole nitrogens is 1. The molecule has 0 aliphatic heterocycles. The van der Waals surface area contributed by atoms with Crippen molar-refractivity contribution in [1.29, 1.82) is 0 Å². The van der Waals surface area contributed by atoms with Crippen molar-refractivity contribution in [3.05, 3.63) is 32.2 Å². The highest BCUT2D eigenvalue weighted by molar-refractivity contribution is 6.32. The van der Waals surface area contributed by atoms with E-state index >= 15 is 0 Å². The first-order chi connectivity index (χ1) is 5.82. The topological polar surface area (TPSA) is 32.9 Å². The zero-order chi connectivity index (χ0) is 10.2. The molecular formula is C6H2Cl2F3NO. The number of aromatic amines is 1. The second-order valence-electron chi connectivity index (χ2n) is 2.17. The van der Waals surface area contributed by atoms with Crippen LogP contribution < -0.4 is 5.56 Å². The van der Waals surface area contributed by atoms with E-state index in [0.29, 0.717) is 6.07 Å². The van der Waals surface area contributed by atoms with Crippen molar-refractivity contribution in [2.75, 3.05) is 0 Å². The van der Waals surface area contributed by atoms with Crippen molar-refractivity contribution in [3.63, 3.8) is 0 Å². The lowest BCUT2D eigenvalue weighted by molar-refractivity contribution is -0.137. The minimum atomic E-state index is -4.62. The largest absolute Gasteiger partial charge is 0.419 e. The highest BCUT2D eigenvalue weighted by Crippen LogP contribution is 2.33. The molecule has 2 nitrogen and oxygen atoms in total.